The fourth-order valence-electron chi connectivity index (χ4n) is 3.52. The lowest BCUT2D eigenvalue weighted by Crippen LogP contribution is -2.44. The molecule has 1 fully saturated rings. The molecule has 0 aromatic heterocycles. The van der Waals surface area contributed by atoms with E-state index in [9.17, 15) is 4.79 Å². The normalized spacial score (nSPS) is 16.6. The lowest BCUT2D eigenvalue weighted by atomic mass is 10.1. The minimum Gasteiger partial charge on any atom is -0.369 e. The third kappa shape index (κ3) is 6.52. The van der Waals surface area contributed by atoms with Crippen LogP contribution in [0, 0.1) is 0 Å². The number of carbonyl (C=O) groups excluding carboxylic acids is 1. The van der Waals surface area contributed by atoms with Crippen LogP contribution in [0.5, 0.6) is 0 Å². The first-order chi connectivity index (χ1) is 14.1. The van der Waals surface area contributed by atoms with Crippen molar-refractivity contribution >= 4 is 23.2 Å². The SMILES string of the molecule is CCNC(=NCCc1ccc(NC(C)=O)cc1)NC1CCN(c2ccccc2)C1. The van der Waals surface area contributed by atoms with Gasteiger partial charge in [-0.2, -0.15) is 0 Å². The number of rotatable bonds is 7. The molecular formula is C23H31N5O. The van der Waals surface area contributed by atoms with Crippen LogP contribution in [0.1, 0.15) is 25.8 Å². The molecule has 0 spiro atoms. The average molecular weight is 394 g/mol. The third-order valence-corrected chi connectivity index (χ3v) is 4.94. The van der Waals surface area contributed by atoms with Gasteiger partial charge in [0.25, 0.3) is 0 Å². The first kappa shape index (κ1) is 20.7. The Morgan fingerprint density at radius 1 is 1.14 bits per heavy atom. The zero-order valence-electron chi connectivity index (χ0n) is 17.3. The summed E-state index contributed by atoms with van der Waals surface area (Å²) in [6.07, 6.45) is 1.96. The van der Waals surface area contributed by atoms with Crippen LogP contribution in [0.2, 0.25) is 0 Å². The van der Waals surface area contributed by atoms with Crippen LogP contribution in [0.3, 0.4) is 0 Å². The monoisotopic (exact) mass is 393 g/mol. The first-order valence-corrected chi connectivity index (χ1v) is 10.4. The number of nitrogens with one attached hydrogen (secondary N) is 3. The number of amides is 1. The maximum Gasteiger partial charge on any atom is 0.221 e. The van der Waals surface area contributed by atoms with E-state index in [0.29, 0.717) is 12.6 Å². The van der Waals surface area contributed by atoms with Gasteiger partial charge in [-0.3, -0.25) is 9.79 Å². The summed E-state index contributed by atoms with van der Waals surface area (Å²) in [6.45, 7) is 7.20. The summed E-state index contributed by atoms with van der Waals surface area (Å²) in [5.41, 5.74) is 3.31. The smallest absolute Gasteiger partial charge is 0.221 e. The standard InChI is InChI=1S/C23H31N5O/c1-3-24-23(25-15-13-19-9-11-20(12-10-19)26-18(2)29)27-21-14-16-28(17-21)22-7-5-4-6-8-22/h4-12,21H,3,13-17H2,1-2H3,(H,26,29)(H2,24,25,27). The summed E-state index contributed by atoms with van der Waals surface area (Å²) in [7, 11) is 0. The van der Waals surface area contributed by atoms with Crippen LogP contribution in [0.25, 0.3) is 0 Å². The predicted octanol–water partition coefficient (Wildman–Crippen LogP) is 3.02. The number of nitrogens with zero attached hydrogens (tertiary/aromatic N) is 2. The Morgan fingerprint density at radius 2 is 1.90 bits per heavy atom. The average Bonchev–Trinajstić information content (AvgIpc) is 3.18. The van der Waals surface area contributed by atoms with Crippen molar-refractivity contribution in [3.63, 3.8) is 0 Å². The Kier molecular flexibility index (Phi) is 7.50. The summed E-state index contributed by atoms with van der Waals surface area (Å²) >= 11 is 0. The van der Waals surface area contributed by atoms with Gasteiger partial charge in [0.1, 0.15) is 0 Å². The summed E-state index contributed by atoms with van der Waals surface area (Å²) in [6, 6.07) is 18.9. The quantitative estimate of drug-likeness (QED) is 0.500. The molecule has 0 saturated carbocycles. The lowest BCUT2D eigenvalue weighted by molar-refractivity contribution is -0.114. The second kappa shape index (κ2) is 10.5. The summed E-state index contributed by atoms with van der Waals surface area (Å²) in [5, 5.41) is 9.73. The topological polar surface area (TPSA) is 68.8 Å². The highest BCUT2D eigenvalue weighted by atomic mass is 16.1. The van der Waals surface area contributed by atoms with Crippen molar-refractivity contribution in [2.24, 2.45) is 4.99 Å². The first-order valence-electron chi connectivity index (χ1n) is 10.4. The van der Waals surface area contributed by atoms with Crippen LogP contribution in [-0.2, 0) is 11.2 Å². The highest BCUT2D eigenvalue weighted by Crippen LogP contribution is 2.19. The molecule has 1 aliphatic rings. The molecule has 0 aliphatic carbocycles. The maximum atomic E-state index is 11.1. The highest BCUT2D eigenvalue weighted by molar-refractivity contribution is 5.88. The van der Waals surface area contributed by atoms with Gasteiger partial charge in [-0.1, -0.05) is 30.3 Å². The molecule has 3 N–H and O–H groups in total. The van der Waals surface area contributed by atoms with Gasteiger partial charge in [-0.15, -0.1) is 0 Å². The number of para-hydroxylation sites is 1. The Hall–Kier alpha value is -3.02. The molecule has 1 heterocycles. The van der Waals surface area contributed by atoms with Gasteiger partial charge in [0, 0.05) is 50.5 Å². The minimum absolute atomic E-state index is 0.0542. The van der Waals surface area contributed by atoms with Gasteiger partial charge >= 0.3 is 0 Å². The van der Waals surface area contributed by atoms with Crippen molar-refractivity contribution < 1.29 is 4.79 Å². The number of carbonyl (C=O) groups is 1. The van der Waals surface area contributed by atoms with Gasteiger partial charge in [0.15, 0.2) is 5.96 Å². The predicted molar refractivity (Wildman–Crippen MR) is 121 cm³/mol. The van der Waals surface area contributed by atoms with Gasteiger partial charge in [-0.25, -0.2) is 0 Å². The number of benzene rings is 2. The van der Waals surface area contributed by atoms with Gasteiger partial charge in [-0.05, 0) is 49.6 Å². The molecule has 0 radical (unpaired) electrons. The molecule has 1 atom stereocenters. The van der Waals surface area contributed by atoms with Crippen LogP contribution < -0.4 is 20.9 Å². The van der Waals surface area contributed by atoms with Crippen LogP contribution in [-0.4, -0.2) is 44.1 Å². The second-order valence-corrected chi connectivity index (χ2v) is 7.30. The minimum atomic E-state index is -0.0542. The Morgan fingerprint density at radius 3 is 2.59 bits per heavy atom. The van der Waals surface area contributed by atoms with E-state index in [1.807, 2.05) is 24.3 Å². The Labute approximate surface area is 173 Å². The number of aliphatic imine (C=N–C) groups is 1. The van der Waals surface area contributed by atoms with Crippen LogP contribution in [0.4, 0.5) is 11.4 Å². The van der Waals surface area contributed by atoms with E-state index in [1.54, 1.807) is 0 Å². The molecular weight excluding hydrogens is 362 g/mol. The molecule has 1 unspecified atom stereocenters. The van der Waals surface area contributed by atoms with E-state index in [4.69, 9.17) is 4.99 Å². The molecule has 2 aromatic rings. The van der Waals surface area contributed by atoms with Crippen molar-refractivity contribution in [3.05, 3.63) is 60.2 Å². The second-order valence-electron chi connectivity index (χ2n) is 7.30. The van der Waals surface area contributed by atoms with E-state index in [2.05, 4.69) is 58.1 Å². The number of guanidine groups is 1. The Bertz CT molecular complexity index is 804. The molecule has 6 nitrogen and oxygen atoms in total. The summed E-state index contributed by atoms with van der Waals surface area (Å²) in [5.74, 6) is 0.823. The molecule has 0 bridgehead atoms. The molecule has 2 aromatic carbocycles. The van der Waals surface area contributed by atoms with Crippen molar-refractivity contribution in [1.29, 1.82) is 0 Å². The lowest BCUT2D eigenvalue weighted by Gasteiger charge is -2.20. The van der Waals surface area contributed by atoms with Crippen molar-refractivity contribution in [3.8, 4) is 0 Å². The molecule has 1 saturated heterocycles. The summed E-state index contributed by atoms with van der Waals surface area (Å²) < 4.78 is 0. The van der Waals surface area contributed by atoms with E-state index in [1.165, 1.54) is 18.2 Å². The largest absolute Gasteiger partial charge is 0.369 e. The molecule has 154 valence electrons. The van der Waals surface area contributed by atoms with Crippen molar-refractivity contribution in [1.82, 2.24) is 10.6 Å². The zero-order chi connectivity index (χ0) is 20.5. The van der Waals surface area contributed by atoms with Crippen LogP contribution >= 0.6 is 0 Å². The van der Waals surface area contributed by atoms with E-state index in [0.717, 1.165) is 44.1 Å². The van der Waals surface area contributed by atoms with E-state index < -0.39 is 0 Å². The number of anilines is 2. The molecule has 1 amide bonds. The van der Waals surface area contributed by atoms with Gasteiger partial charge in [0.2, 0.25) is 5.91 Å². The molecule has 29 heavy (non-hydrogen) atoms. The zero-order valence-corrected chi connectivity index (χ0v) is 17.3. The maximum absolute atomic E-state index is 11.1. The van der Waals surface area contributed by atoms with Crippen LogP contribution in [0.15, 0.2) is 59.6 Å². The number of hydrogen-bond acceptors (Lipinski definition) is 3. The van der Waals surface area contributed by atoms with E-state index >= 15 is 0 Å². The van der Waals surface area contributed by atoms with Gasteiger partial charge < -0.3 is 20.9 Å². The fraction of sp³-hybridized carbons (Fsp3) is 0.391. The highest BCUT2D eigenvalue weighted by Gasteiger charge is 2.23. The Balaban J connectivity index is 1.50. The molecule has 1 aliphatic heterocycles. The van der Waals surface area contributed by atoms with E-state index in [-0.39, 0.29) is 5.91 Å². The van der Waals surface area contributed by atoms with Crippen molar-refractivity contribution in [2.75, 3.05) is 36.4 Å². The number of hydrogen-bond donors (Lipinski definition) is 3. The molecule has 3 rings (SSSR count). The third-order valence-electron chi connectivity index (χ3n) is 4.94. The molecule has 6 heteroatoms. The van der Waals surface area contributed by atoms with Gasteiger partial charge in [0.05, 0.1) is 0 Å². The fourth-order valence-corrected chi connectivity index (χ4v) is 3.52. The summed E-state index contributed by atoms with van der Waals surface area (Å²) in [4.78, 5) is 18.3. The van der Waals surface area contributed by atoms with Crippen molar-refractivity contribution in [2.45, 2.75) is 32.7 Å².